The normalized spacial score (nSPS) is 27.6. The van der Waals surface area contributed by atoms with Gasteiger partial charge in [0.05, 0.1) is 6.61 Å². The van der Waals surface area contributed by atoms with E-state index in [1.165, 1.54) is 0 Å². The lowest BCUT2D eigenvalue weighted by Gasteiger charge is -2.47. The number of fused-ring (bicyclic) bond motifs is 1. The number of rotatable bonds is 3. The van der Waals surface area contributed by atoms with Crippen LogP contribution in [0.4, 0.5) is 0 Å². The van der Waals surface area contributed by atoms with E-state index in [0.717, 1.165) is 39.3 Å². The van der Waals surface area contributed by atoms with Crippen LogP contribution in [0.15, 0.2) is 0 Å². The lowest BCUT2D eigenvalue weighted by molar-refractivity contribution is -0.132. The van der Waals surface area contributed by atoms with Crippen LogP contribution < -0.4 is 5.32 Å². The van der Waals surface area contributed by atoms with E-state index in [9.17, 15) is 4.79 Å². The first-order valence-corrected chi connectivity index (χ1v) is 11.4. The van der Waals surface area contributed by atoms with Crippen LogP contribution in [0.25, 0.3) is 0 Å². The first kappa shape index (κ1) is 17.9. The highest BCUT2D eigenvalue weighted by atomic mass is 28.4. The van der Waals surface area contributed by atoms with Gasteiger partial charge in [-0.25, -0.2) is 0 Å². The van der Waals surface area contributed by atoms with Gasteiger partial charge in [-0.2, -0.15) is 0 Å². The molecule has 1 amide bonds. The smallest absolute Gasteiger partial charge is 0.219 e. The number of hydrogen-bond acceptors (Lipinski definition) is 4. The van der Waals surface area contributed by atoms with Gasteiger partial charge in [0, 0.05) is 51.7 Å². The molecule has 1 N–H and O–H groups in total. The zero-order valence-electron chi connectivity index (χ0n) is 15.1. The van der Waals surface area contributed by atoms with E-state index in [1.54, 1.807) is 6.92 Å². The first-order valence-electron chi connectivity index (χ1n) is 8.47. The molecular weight excluding hydrogens is 294 g/mol. The first-order chi connectivity index (χ1) is 10.1. The lowest BCUT2D eigenvalue weighted by atomic mass is 10.1. The maximum Gasteiger partial charge on any atom is 0.219 e. The van der Waals surface area contributed by atoms with Crippen LogP contribution in [-0.4, -0.2) is 75.4 Å². The summed E-state index contributed by atoms with van der Waals surface area (Å²) in [4.78, 5) is 16.0. The van der Waals surface area contributed by atoms with Gasteiger partial charge in [0.2, 0.25) is 5.91 Å². The number of nitrogens with one attached hydrogen (secondary N) is 1. The van der Waals surface area contributed by atoms with Crippen LogP contribution >= 0.6 is 0 Å². The van der Waals surface area contributed by atoms with Crippen molar-refractivity contribution >= 4 is 14.2 Å². The fourth-order valence-corrected chi connectivity index (χ4v) is 3.95. The molecule has 22 heavy (non-hydrogen) atoms. The summed E-state index contributed by atoms with van der Waals surface area (Å²) in [7, 11) is -1.67. The Balaban J connectivity index is 1.83. The summed E-state index contributed by atoms with van der Waals surface area (Å²) in [6.07, 6.45) is 0. The van der Waals surface area contributed by atoms with E-state index in [1.807, 2.05) is 4.90 Å². The molecule has 2 heterocycles. The molecule has 2 rings (SSSR count). The summed E-state index contributed by atoms with van der Waals surface area (Å²) < 4.78 is 6.36. The Morgan fingerprint density at radius 2 is 1.95 bits per heavy atom. The molecule has 2 aliphatic rings. The number of nitrogens with zero attached hydrogens (tertiary/aromatic N) is 2. The molecule has 0 spiro atoms. The Kier molecular flexibility index (Phi) is 5.37. The van der Waals surface area contributed by atoms with Crippen molar-refractivity contribution in [1.29, 1.82) is 0 Å². The molecule has 0 aromatic carbocycles. The highest BCUT2D eigenvalue weighted by Gasteiger charge is 2.39. The maximum atomic E-state index is 11.5. The fraction of sp³-hybridized carbons (Fsp3) is 0.938. The van der Waals surface area contributed by atoms with Crippen molar-refractivity contribution < 1.29 is 9.22 Å². The van der Waals surface area contributed by atoms with Gasteiger partial charge in [0.25, 0.3) is 0 Å². The topological polar surface area (TPSA) is 44.8 Å². The van der Waals surface area contributed by atoms with Gasteiger partial charge in [-0.3, -0.25) is 9.69 Å². The predicted molar refractivity (Wildman–Crippen MR) is 92.6 cm³/mol. The zero-order valence-corrected chi connectivity index (χ0v) is 16.1. The molecule has 2 fully saturated rings. The molecule has 2 saturated heterocycles. The van der Waals surface area contributed by atoms with Gasteiger partial charge in [0.15, 0.2) is 8.32 Å². The van der Waals surface area contributed by atoms with Crippen molar-refractivity contribution in [3.8, 4) is 0 Å². The number of hydrogen-bond donors (Lipinski definition) is 1. The molecule has 5 nitrogen and oxygen atoms in total. The van der Waals surface area contributed by atoms with Crippen molar-refractivity contribution in [2.45, 2.75) is 57.9 Å². The van der Waals surface area contributed by atoms with Crippen LogP contribution in [0.2, 0.25) is 18.1 Å². The Hall–Kier alpha value is -0.433. The van der Waals surface area contributed by atoms with Gasteiger partial charge < -0.3 is 14.6 Å². The largest absolute Gasteiger partial charge is 0.415 e. The molecule has 128 valence electrons. The van der Waals surface area contributed by atoms with E-state index < -0.39 is 8.32 Å². The van der Waals surface area contributed by atoms with Crippen molar-refractivity contribution in [3.05, 3.63) is 0 Å². The van der Waals surface area contributed by atoms with Crippen molar-refractivity contribution in [2.75, 3.05) is 39.3 Å². The third kappa shape index (κ3) is 4.10. The number of carbonyl (C=O) groups is 1. The summed E-state index contributed by atoms with van der Waals surface area (Å²) >= 11 is 0. The Bertz CT molecular complexity index is 409. The van der Waals surface area contributed by atoms with Crippen molar-refractivity contribution in [1.82, 2.24) is 15.1 Å². The van der Waals surface area contributed by atoms with Crippen LogP contribution in [0.1, 0.15) is 27.7 Å². The molecule has 0 bridgehead atoms. The summed E-state index contributed by atoms with van der Waals surface area (Å²) in [5.41, 5.74) is 0. The average Bonchev–Trinajstić information content (AvgIpc) is 2.43. The molecular formula is C16H33N3O2Si. The quantitative estimate of drug-likeness (QED) is 0.798. The summed E-state index contributed by atoms with van der Waals surface area (Å²) in [5.74, 6) is 0.197. The highest BCUT2D eigenvalue weighted by molar-refractivity contribution is 6.74. The summed E-state index contributed by atoms with van der Waals surface area (Å²) in [6, 6.07) is 0.871. The van der Waals surface area contributed by atoms with E-state index in [2.05, 4.69) is 44.1 Å². The second kappa shape index (κ2) is 6.59. The maximum absolute atomic E-state index is 11.5. The molecule has 6 heteroatoms. The highest BCUT2D eigenvalue weighted by Crippen LogP contribution is 2.36. The number of carbonyl (C=O) groups excluding carboxylic acids is 1. The molecule has 1 unspecified atom stereocenters. The van der Waals surface area contributed by atoms with Crippen LogP contribution in [0.5, 0.6) is 0 Å². The van der Waals surface area contributed by atoms with Gasteiger partial charge in [-0.1, -0.05) is 20.8 Å². The third-order valence-electron chi connectivity index (χ3n) is 5.60. The van der Waals surface area contributed by atoms with Crippen LogP contribution in [0, 0.1) is 0 Å². The molecule has 0 aliphatic carbocycles. The zero-order chi connectivity index (χ0) is 16.5. The number of amides is 1. The third-order valence-corrected chi connectivity index (χ3v) is 10.1. The Morgan fingerprint density at radius 1 is 1.27 bits per heavy atom. The van der Waals surface area contributed by atoms with E-state index >= 15 is 0 Å². The Morgan fingerprint density at radius 3 is 2.55 bits per heavy atom. The van der Waals surface area contributed by atoms with Gasteiger partial charge in [-0.15, -0.1) is 0 Å². The predicted octanol–water partition coefficient (Wildman–Crippen LogP) is 1.51. The molecule has 0 radical (unpaired) electrons. The van der Waals surface area contributed by atoms with E-state index in [0.29, 0.717) is 12.1 Å². The minimum absolute atomic E-state index is 0.197. The monoisotopic (exact) mass is 327 g/mol. The van der Waals surface area contributed by atoms with Crippen LogP contribution in [0.3, 0.4) is 0 Å². The van der Waals surface area contributed by atoms with Gasteiger partial charge in [0.1, 0.15) is 0 Å². The molecule has 2 aliphatic heterocycles. The standard InChI is InChI=1S/C16H33N3O2Si/c1-13(20)18-7-8-19-10-14(17-9-15(19)11-18)12-21-22(5,6)16(2,3)4/h14-15,17H,7-12H2,1-6H3/t14?,15-/m1/s1. The minimum Gasteiger partial charge on any atom is -0.415 e. The molecule has 0 aromatic rings. The minimum atomic E-state index is -1.67. The summed E-state index contributed by atoms with van der Waals surface area (Å²) in [5, 5.41) is 3.88. The second-order valence-electron chi connectivity index (χ2n) is 8.29. The SMILES string of the molecule is CC(=O)N1CCN2CC(CO[Si](C)(C)C(C)(C)C)NC[C@@H]2C1. The molecule has 0 saturated carbocycles. The van der Waals surface area contributed by atoms with Crippen molar-refractivity contribution in [3.63, 3.8) is 0 Å². The van der Waals surface area contributed by atoms with E-state index in [4.69, 9.17) is 4.43 Å². The van der Waals surface area contributed by atoms with Crippen molar-refractivity contribution in [2.24, 2.45) is 0 Å². The second-order valence-corrected chi connectivity index (χ2v) is 13.1. The number of piperazine rings is 2. The molecule has 2 atom stereocenters. The van der Waals surface area contributed by atoms with E-state index in [-0.39, 0.29) is 10.9 Å². The average molecular weight is 328 g/mol. The van der Waals surface area contributed by atoms with Gasteiger partial charge in [-0.05, 0) is 18.1 Å². The molecule has 0 aromatic heterocycles. The van der Waals surface area contributed by atoms with Gasteiger partial charge >= 0.3 is 0 Å². The Labute approximate surface area is 136 Å². The lowest BCUT2D eigenvalue weighted by Crippen LogP contribution is -2.65. The summed E-state index contributed by atoms with van der Waals surface area (Å²) in [6.45, 7) is 18.6. The fourth-order valence-electron chi connectivity index (χ4n) is 2.90. The van der Waals surface area contributed by atoms with Crippen LogP contribution in [-0.2, 0) is 9.22 Å².